The molecule has 0 radical (unpaired) electrons. The molecular weight excluding hydrogens is 224 g/mol. The lowest BCUT2D eigenvalue weighted by Crippen LogP contribution is -2.42. The van der Waals surface area contributed by atoms with Crippen molar-refractivity contribution in [2.75, 3.05) is 13.7 Å². The minimum absolute atomic E-state index is 0.173. The Labute approximate surface area is 108 Å². The Bertz CT molecular complexity index is 453. The van der Waals surface area contributed by atoms with Gasteiger partial charge in [-0.2, -0.15) is 0 Å². The number of benzene rings is 1. The molecular formula is C15H20N2O. The molecule has 3 nitrogen and oxygen atoms in total. The van der Waals surface area contributed by atoms with Crippen molar-refractivity contribution in [2.45, 2.75) is 19.0 Å². The van der Waals surface area contributed by atoms with Gasteiger partial charge in [-0.1, -0.05) is 30.3 Å². The quantitative estimate of drug-likeness (QED) is 0.819. The number of aromatic amines is 1. The molecule has 3 heteroatoms. The van der Waals surface area contributed by atoms with Crippen LogP contribution in [0.2, 0.25) is 0 Å². The third kappa shape index (κ3) is 3.00. The van der Waals surface area contributed by atoms with Crippen molar-refractivity contribution in [1.82, 2.24) is 10.3 Å². The summed E-state index contributed by atoms with van der Waals surface area (Å²) < 4.78 is 5.36. The van der Waals surface area contributed by atoms with Crippen molar-refractivity contribution in [3.8, 4) is 0 Å². The summed E-state index contributed by atoms with van der Waals surface area (Å²) in [6.07, 6.45) is 3.94. The largest absolute Gasteiger partial charge is 0.382 e. The van der Waals surface area contributed by atoms with Crippen LogP contribution >= 0.6 is 0 Å². The highest BCUT2D eigenvalue weighted by Crippen LogP contribution is 2.21. The molecule has 18 heavy (non-hydrogen) atoms. The number of ether oxygens (including phenoxy) is 1. The van der Waals surface area contributed by atoms with Gasteiger partial charge in [0.1, 0.15) is 0 Å². The molecule has 0 aliphatic carbocycles. The first-order valence-corrected chi connectivity index (χ1v) is 6.16. The normalized spacial score (nSPS) is 14.3. The van der Waals surface area contributed by atoms with Crippen LogP contribution in [0.1, 0.15) is 18.1 Å². The van der Waals surface area contributed by atoms with Gasteiger partial charge >= 0.3 is 0 Å². The standard InChI is InChI=1S/C15H20N2O/c1-15(12-18-2,14-6-4-3-5-7-14)17-11-13-8-9-16-10-13/h3-10,16-17H,11-12H2,1-2H3. The molecule has 0 spiro atoms. The molecule has 1 atom stereocenters. The van der Waals surface area contributed by atoms with Gasteiger partial charge in [0, 0.05) is 26.0 Å². The molecule has 2 aromatic rings. The topological polar surface area (TPSA) is 37.0 Å². The molecule has 2 rings (SSSR count). The van der Waals surface area contributed by atoms with Crippen molar-refractivity contribution in [2.24, 2.45) is 0 Å². The number of aromatic nitrogens is 1. The SMILES string of the molecule is COCC(C)(NCc1cc[nH]c1)c1ccccc1. The smallest absolute Gasteiger partial charge is 0.0683 e. The van der Waals surface area contributed by atoms with Crippen LogP contribution in [0, 0.1) is 0 Å². The second kappa shape index (κ2) is 5.85. The fraction of sp³-hybridized carbons (Fsp3) is 0.333. The molecule has 1 heterocycles. The second-order valence-electron chi connectivity index (χ2n) is 4.70. The number of hydrogen-bond acceptors (Lipinski definition) is 2. The lowest BCUT2D eigenvalue weighted by atomic mass is 9.92. The molecule has 0 fully saturated rings. The van der Waals surface area contributed by atoms with Gasteiger partial charge in [-0.25, -0.2) is 0 Å². The minimum Gasteiger partial charge on any atom is -0.382 e. The highest BCUT2D eigenvalue weighted by molar-refractivity contribution is 5.24. The lowest BCUT2D eigenvalue weighted by Gasteiger charge is -2.31. The fourth-order valence-electron chi connectivity index (χ4n) is 2.10. The number of hydrogen-bond donors (Lipinski definition) is 2. The Morgan fingerprint density at radius 2 is 2.00 bits per heavy atom. The average Bonchev–Trinajstić information content (AvgIpc) is 2.91. The molecule has 1 unspecified atom stereocenters. The Kier molecular flexibility index (Phi) is 4.18. The Morgan fingerprint density at radius 3 is 2.61 bits per heavy atom. The molecule has 0 saturated heterocycles. The van der Waals surface area contributed by atoms with E-state index in [-0.39, 0.29) is 5.54 Å². The van der Waals surface area contributed by atoms with Gasteiger partial charge in [-0.05, 0) is 24.1 Å². The van der Waals surface area contributed by atoms with E-state index < -0.39 is 0 Å². The maximum Gasteiger partial charge on any atom is 0.0683 e. The van der Waals surface area contributed by atoms with Crippen molar-refractivity contribution < 1.29 is 4.74 Å². The summed E-state index contributed by atoms with van der Waals surface area (Å²) >= 11 is 0. The van der Waals surface area contributed by atoms with E-state index in [4.69, 9.17) is 4.74 Å². The number of nitrogens with one attached hydrogen (secondary N) is 2. The van der Waals surface area contributed by atoms with Crippen molar-refractivity contribution in [3.63, 3.8) is 0 Å². The van der Waals surface area contributed by atoms with E-state index in [1.165, 1.54) is 11.1 Å². The van der Waals surface area contributed by atoms with Gasteiger partial charge in [-0.15, -0.1) is 0 Å². The van der Waals surface area contributed by atoms with Crippen molar-refractivity contribution >= 4 is 0 Å². The van der Waals surface area contributed by atoms with E-state index in [1.54, 1.807) is 7.11 Å². The van der Waals surface area contributed by atoms with Gasteiger partial charge in [-0.3, -0.25) is 0 Å². The van der Waals surface area contributed by atoms with E-state index in [2.05, 4.69) is 47.6 Å². The lowest BCUT2D eigenvalue weighted by molar-refractivity contribution is 0.117. The molecule has 0 aliphatic heterocycles. The maximum absolute atomic E-state index is 5.36. The van der Waals surface area contributed by atoms with Crippen LogP contribution in [0.5, 0.6) is 0 Å². The number of methoxy groups -OCH3 is 1. The summed E-state index contributed by atoms with van der Waals surface area (Å²) in [5, 5.41) is 3.57. The van der Waals surface area contributed by atoms with Crippen LogP contribution < -0.4 is 5.32 Å². The predicted molar refractivity (Wildman–Crippen MR) is 73.3 cm³/mol. The van der Waals surface area contributed by atoms with Gasteiger partial charge in [0.05, 0.1) is 12.1 Å². The summed E-state index contributed by atoms with van der Waals surface area (Å²) in [6.45, 7) is 3.62. The summed E-state index contributed by atoms with van der Waals surface area (Å²) in [7, 11) is 1.74. The summed E-state index contributed by atoms with van der Waals surface area (Å²) in [5.74, 6) is 0. The maximum atomic E-state index is 5.36. The molecule has 96 valence electrons. The van der Waals surface area contributed by atoms with Crippen LogP contribution in [0.4, 0.5) is 0 Å². The van der Waals surface area contributed by atoms with Crippen LogP contribution in [0.15, 0.2) is 48.8 Å². The fourth-order valence-corrected chi connectivity index (χ4v) is 2.10. The van der Waals surface area contributed by atoms with E-state index >= 15 is 0 Å². The first-order chi connectivity index (χ1) is 8.74. The van der Waals surface area contributed by atoms with Crippen LogP contribution in [0.3, 0.4) is 0 Å². The van der Waals surface area contributed by atoms with Crippen LogP contribution in [0.25, 0.3) is 0 Å². The first kappa shape index (κ1) is 12.9. The highest BCUT2D eigenvalue weighted by Gasteiger charge is 2.25. The van der Waals surface area contributed by atoms with Crippen molar-refractivity contribution in [3.05, 3.63) is 59.9 Å². The molecule has 1 aromatic heterocycles. The number of H-pyrrole nitrogens is 1. The minimum atomic E-state index is -0.173. The molecule has 0 aliphatic rings. The van der Waals surface area contributed by atoms with Crippen LogP contribution in [-0.4, -0.2) is 18.7 Å². The van der Waals surface area contributed by atoms with Gasteiger partial charge in [0.15, 0.2) is 0 Å². The second-order valence-corrected chi connectivity index (χ2v) is 4.70. The summed E-state index contributed by atoms with van der Waals surface area (Å²) in [6, 6.07) is 12.5. The highest BCUT2D eigenvalue weighted by atomic mass is 16.5. The zero-order chi connectivity index (χ0) is 12.8. The first-order valence-electron chi connectivity index (χ1n) is 6.16. The third-order valence-corrected chi connectivity index (χ3v) is 3.19. The van der Waals surface area contributed by atoms with Gasteiger partial charge in [0.2, 0.25) is 0 Å². The Balaban J connectivity index is 2.11. The molecule has 0 amide bonds. The molecule has 0 bridgehead atoms. The summed E-state index contributed by atoms with van der Waals surface area (Å²) in [4.78, 5) is 3.07. The number of rotatable bonds is 6. The Hall–Kier alpha value is -1.58. The monoisotopic (exact) mass is 244 g/mol. The van der Waals surface area contributed by atoms with Crippen molar-refractivity contribution in [1.29, 1.82) is 0 Å². The molecule has 2 N–H and O–H groups in total. The van der Waals surface area contributed by atoms with E-state index in [1.807, 2.05) is 18.5 Å². The Morgan fingerprint density at radius 1 is 1.22 bits per heavy atom. The van der Waals surface area contributed by atoms with E-state index in [0.29, 0.717) is 6.61 Å². The van der Waals surface area contributed by atoms with Gasteiger partial charge in [0.25, 0.3) is 0 Å². The predicted octanol–water partition coefficient (Wildman–Crippen LogP) is 2.67. The summed E-state index contributed by atoms with van der Waals surface area (Å²) in [5.41, 5.74) is 2.31. The van der Waals surface area contributed by atoms with E-state index in [9.17, 15) is 0 Å². The van der Waals surface area contributed by atoms with Crippen LogP contribution in [-0.2, 0) is 16.8 Å². The van der Waals surface area contributed by atoms with Gasteiger partial charge < -0.3 is 15.0 Å². The van der Waals surface area contributed by atoms with E-state index in [0.717, 1.165) is 6.54 Å². The molecule has 1 aromatic carbocycles. The average molecular weight is 244 g/mol. The zero-order valence-electron chi connectivity index (χ0n) is 10.9. The zero-order valence-corrected chi connectivity index (χ0v) is 10.9. The molecule has 0 saturated carbocycles. The third-order valence-electron chi connectivity index (χ3n) is 3.19.